The van der Waals surface area contributed by atoms with E-state index in [0.29, 0.717) is 0 Å². The monoisotopic (exact) mass is 218 g/mol. The summed E-state index contributed by atoms with van der Waals surface area (Å²) in [6.07, 6.45) is 4.10. The Labute approximate surface area is 96.9 Å². The predicted octanol–water partition coefficient (Wildman–Crippen LogP) is 3.09. The third kappa shape index (κ3) is 2.80. The van der Waals surface area contributed by atoms with E-state index in [0.717, 1.165) is 23.0 Å². The number of rotatable bonds is 4. The van der Waals surface area contributed by atoms with Gasteiger partial charge >= 0.3 is 0 Å². The molecular weight excluding hydrogens is 200 g/mol. The summed E-state index contributed by atoms with van der Waals surface area (Å²) in [6, 6.07) is 6.13. The molecule has 0 aliphatic rings. The van der Waals surface area contributed by atoms with Gasteiger partial charge in [0.2, 0.25) is 0 Å². The molecule has 1 rings (SSSR count). The number of allylic oxidation sites excluding steroid dienone is 1. The van der Waals surface area contributed by atoms with Crippen LogP contribution in [0.4, 0.5) is 0 Å². The van der Waals surface area contributed by atoms with Gasteiger partial charge in [-0.15, -0.1) is 0 Å². The standard InChI is InChI=1S/C14H18O2/c1-11-10-13(14(2,3)16-4)8-7-12(11)6-5-9-15/h5-10H,1-4H3/b6-5+. The van der Waals surface area contributed by atoms with Crippen molar-refractivity contribution in [3.05, 3.63) is 41.0 Å². The van der Waals surface area contributed by atoms with Crippen LogP contribution >= 0.6 is 0 Å². The van der Waals surface area contributed by atoms with Crippen molar-refractivity contribution < 1.29 is 9.53 Å². The molecule has 0 fully saturated rings. The van der Waals surface area contributed by atoms with Gasteiger partial charge in [-0.05, 0) is 43.5 Å². The Hall–Kier alpha value is -1.41. The Balaban J connectivity index is 3.08. The summed E-state index contributed by atoms with van der Waals surface area (Å²) in [5.74, 6) is 0. The summed E-state index contributed by atoms with van der Waals surface area (Å²) in [5, 5.41) is 0. The zero-order valence-corrected chi connectivity index (χ0v) is 10.3. The normalized spacial score (nSPS) is 12.0. The highest BCUT2D eigenvalue weighted by Gasteiger charge is 2.19. The van der Waals surface area contributed by atoms with Crippen molar-refractivity contribution in [2.75, 3.05) is 7.11 Å². The van der Waals surface area contributed by atoms with Crippen LogP contribution in [0, 0.1) is 6.92 Å². The van der Waals surface area contributed by atoms with Crippen molar-refractivity contribution in [3.63, 3.8) is 0 Å². The quantitative estimate of drug-likeness (QED) is 0.573. The predicted molar refractivity (Wildman–Crippen MR) is 66.3 cm³/mol. The largest absolute Gasteiger partial charge is 0.374 e. The smallest absolute Gasteiger partial charge is 0.142 e. The minimum atomic E-state index is -0.280. The van der Waals surface area contributed by atoms with Crippen LogP contribution in [0.3, 0.4) is 0 Å². The number of methoxy groups -OCH3 is 1. The summed E-state index contributed by atoms with van der Waals surface area (Å²) in [7, 11) is 1.70. The SMILES string of the molecule is COC(C)(C)c1ccc(/C=C/C=O)c(C)c1. The highest BCUT2D eigenvalue weighted by atomic mass is 16.5. The zero-order chi connectivity index (χ0) is 12.2. The lowest BCUT2D eigenvalue weighted by molar-refractivity contribution is -0.104. The Morgan fingerprint density at radius 1 is 1.31 bits per heavy atom. The number of hydrogen-bond donors (Lipinski definition) is 0. The molecule has 0 unspecified atom stereocenters. The van der Waals surface area contributed by atoms with Crippen molar-refractivity contribution in [2.45, 2.75) is 26.4 Å². The van der Waals surface area contributed by atoms with Crippen molar-refractivity contribution in [1.82, 2.24) is 0 Å². The number of benzene rings is 1. The maximum atomic E-state index is 10.3. The van der Waals surface area contributed by atoms with E-state index in [9.17, 15) is 4.79 Å². The first kappa shape index (κ1) is 12.7. The van der Waals surface area contributed by atoms with Crippen LogP contribution in [0.25, 0.3) is 6.08 Å². The maximum absolute atomic E-state index is 10.3. The molecule has 2 heteroatoms. The number of carbonyl (C=O) groups excluding carboxylic acids is 1. The zero-order valence-electron chi connectivity index (χ0n) is 10.3. The van der Waals surface area contributed by atoms with Gasteiger partial charge in [0.05, 0.1) is 5.60 Å². The van der Waals surface area contributed by atoms with Crippen LogP contribution in [-0.4, -0.2) is 13.4 Å². The highest BCUT2D eigenvalue weighted by molar-refractivity contribution is 5.74. The number of hydrogen-bond acceptors (Lipinski definition) is 2. The van der Waals surface area contributed by atoms with Crippen LogP contribution < -0.4 is 0 Å². The molecule has 86 valence electrons. The molecule has 0 heterocycles. The minimum absolute atomic E-state index is 0.280. The van der Waals surface area contributed by atoms with Gasteiger partial charge < -0.3 is 4.74 Å². The molecule has 0 atom stereocenters. The molecule has 0 saturated carbocycles. The Bertz CT molecular complexity index is 403. The van der Waals surface area contributed by atoms with Crippen LogP contribution in [0.15, 0.2) is 24.3 Å². The lowest BCUT2D eigenvalue weighted by atomic mass is 9.94. The molecule has 0 bridgehead atoms. The van der Waals surface area contributed by atoms with Crippen LogP contribution in [-0.2, 0) is 15.1 Å². The van der Waals surface area contributed by atoms with Crippen molar-refractivity contribution in [1.29, 1.82) is 0 Å². The molecule has 1 aromatic carbocycles. The molecule has 16 heavy (non-hydrogen) atoms. The molecule has 0 aromatic heterocycles. The van der Waals surface area contributed by atoms with E-state index in [-0.39, 0.29) is 5.60 Å². The molecule has 0 aliphatic carbocycles. The molecule has 1 aromatic rings. The molecule has 0 radical (unpaired) electrons. The summed E-state index contributed by atoms with van der Waals surface area (Å²) in [6.45, 7) is 6.09. The first-order chi connectivity index (χ1) is 7.51. The molecule has 0 spiro atoms. The number of aryl methyl sites for hydroxylation is 1. The average Bonchev–Trinajstić information content (AvgIpc) is 2.27. The van der Waals surface area contributed by atoms with Gasteiger partial charge in [0, 0.05) is 7.11 Å². The van der Waals surface area contributed by atoms with E-state index in [1.54, 1.807) is 7.11 Å². The third-order valence-corrected chi connectivity index (χ3v) is 2.83. The molecule has 0 saturated heterocycles. The van der Waals surface area contributed by atoms with E-state index >= 15 is 0 Å². The van der Waals surface area contributed by atoms with E-state index in [2.05, 4.69) is 6.07 Å². The van der Waals surface area contributed by atoms with Gasteiger partial charge in [-0.25, -0.2) is 0 Å². The van der Waals surface area contributed by atoms with Gasteiger partial charge in [-0.1, -0.05) is 24.3 Å². The fourth-order valence-electron chi connectivity index (χ4n) is 1.50. The summed E-state index contributed by atoms with van der Waals surface area (Å²) in [4.78, 5) is 10.3. The number of aldehydes is 1. The second-order valence-corrected chi connectivity index (χ2v) is 4.28. The highest BCUT2D eigenvalue weighted by Crippen LogP contribution is 2.25. The van der Waals surface area contributed by atoms with E-state index in [1.165, 1.54) is 6.08 Å². The summed E-state index contributed by atoms with van der Waals surface area (Å²) >= 11 is 0. The Kier molecular flexibility index (Phi) is 4.02. The maximum Gasteiger partial charge on any atom is 0.142 e. The number of carbonyl (C=O) groups is 1. The average molecular weight is 218 g/mol. The molecule has 0 amide bonds. The Morgan fingerprint density at radius 2 is 2.00 bits per heavy atom. The Morgan fingerprint density at radius 3 is 2.50 bits per heavy atom. The van der Waals surface area contributed by atoms with Crippen LogP contribution in [0.5, 0.6) is 0 Å². The van der Waals surface area contributed by atoms with Crippen molar-refractivity contribution in [3.8, 4) is 0 Å². The van der Waals surface area contributed by atoms with Crippen LogP contribution in [0.2, 0.25) is 0 Å². The molecule has 2 nitrogen and oxygen atoms in total. The first-order valence-electron chi connectivity index (χ1n) is 5.29. The lowest BCUT2D eigenvalue weighted by Gasteiger charge is -2.24. The molecular formula is C14H18O2. The minimum Gasteiger partial charge on any atom is -0.374 e. The third-order valence-electron chi connectivity index (χ3n) is 2.83. The first-order valence-corrected chi connectivity index (χ1v) is 5.29. The summed E-state index contributed by atoms with van der Waals surface area (Å²) in [5.41, 5.74) is 3.05. The van der Waals surface area contributed by atoms with E-state index in [4.69, 9.17) is 4.74 Å². The van der Waals surface area contributed by atoms with Crippen molar-refractivity contribution >= 4 is 12.4 Å². The van der Waals surface area contributed by atoms with Gasteiger partial charge in [0.25, 0.3) is 0 Å². The van der Waals surface area contributed by atoms with Crippen molar-refractivity contribution in [2.24, 2.45) is 0 Å². The molecule has 0 N–H and O–H groups in total. The van der Waals surface area contributed by atoms with Gasteiger partial charge in [-0.2, -0.15) is 0 Å². The number of ether oxygens (including phenoxy) is 1. The van der Waals surface area contributed by atoms with E-state index in [1.807, 2.05) is 39.0 Å². The summed E-state index contributed by atoms with van der Waals surface area (Å²) < 4.78 is 5.43. The van der Waals surface area contributed by atoms with Crippen LogP contribution in [0.1, 0.15) is 30.5 Å². The lowest BCUT2D eigenvalue weighted by Crippen LogP contribution is -2.19. The molecule has 0 aliphatic heterocycles. The fourth-order valence-corrected chi connectivity index (χ4v) is 1.50. The fraction of sp³-hybridized carbons (Fsp3) is 0.357. The van der Waals surface area contributed by atoms with Gasteiger partial charge in [-0.3, -0.25) is 4.79 Å². The van der Waals surface area contributed by atoms with Gasteiger partial charge in [0.15, 0.2) is 0 Å². The van der Waals surface area contributed by atoms with E-state index < -0.39 is 0 Å². The van der Waals surface area contributed by atoms with Gasteiger partial charge in [0.1, 0.15) is 6.29 Å². The topological polar surface area (TPSA) is 26.3 Å². The second-order valence-electron chi connectivity index (χ2n) is 4.28. The second kappa shape index (κ2) is 5.08.